The zero-order valence-corrected chi connectivity index (χ0v) is 14.3. The van der Waals surface area contributed by atoms with Gasteiger partial charge in [0.05, 0.1) is 0 Å². The number of nitrogens with zero attached hydrogens (tertiary/aromatic N) is 6. The van der Waals surface area contributed by atoms with Gasteiger partial charge in [-0.3, -0.25) is 9.36 Å². The number of hydrogen-bond donors (Lipinski definition) is 3. The maximum absolute atomic E-state index is 9.76. The van der Waals surface area contributed by atoms with E-state index in [2.05, 4.69) is 29.9 Å². The smallest absolute Gasteiger partial charge is 0.336 e. The summed E-state index contributed by atoms with van der Waals surface area (Å²) in [6, 6.07) is 5.33. The number of aromatic nitrogens is 6. The maximum Gasteiger partial charge on any atom is 0.336 e. The Morgan fingerprint density at radius 2 is 0.962 bits per heavy atom. The Morgan fingerprint density at radius 3 is 1.00 bits per heavy atom. The molecule has 0 spiro atoms. The van der Waals surface area contributed by atoms with E-state index in [0.717, 1.165) is 0 Å². The Labute approximate surface area is 149 Å². The lowest BCUT2D eigenvalue weighted by molar-refractivity contribution is -0.134. The molecule has 3 N–H and O–H groups in total. The van der Waals surface area contributed by atoms with Gasteiger partial charge in [0.25, 0.3) is 0 Å². The molecule has 3 heterocycles. The lowest BCUT2D eigenvalue weighted by atomic mass is 10.7. The number of carboxylic acids is 1. The SMILES string of the molecule is O=C(O)CP(=O)(O)O.c1cncnc1.c1cncnc1.c1cncnc1. The predicted octanol–water partition coefficient (Wildman–Crippen LogP) is 0.679. The van der Waals surface area contributed by atoms with Crippen molar-refractivity contribution in [3.8, 4) is 0 Å². The maximum atomic E-state index is 9.76. The second-order valence-electron chi connectivity index (χ2n) is 3.93. The van der Waals surface area contributed by atoms with E-state index in [1.54, 1.807) is 55.4 Å². The van der Waals surface area contributed by atoms with E-state index < -0.39 is 19.7 Å². The van der Waals surface area contributed by atoms with Crippen molar-refractivity contribution in [1.29, 1.82) is 0 Å². The van der Waals surface area contributed by atoms with E-state index in [1.807, 2.05) is 0 Å². The third-order valence-electron chi connectivity index (χ3n) is 1.77. The van der Waals surface area contributed by atoms with Crippen LogP contribution >= 0.6 is 7.60 Å². The molecule has 3 aromatic heterocycles. The number of carbonyl (C=O) groups is 1. The van der Waals surface area contributed by atoms with Crippen molar-refractivity contribution in [2.24, 2.45) is 0 Å². The van der Waals surface area contributed by atoms with Crippen LogP contribution in [0.3, 0.4) is 0 Å². The third-order valence-corrected chi connectivity index (χ3v) is 2.46. The minimum atomic E-state index is -4.32. The van der Waals surface area contributed by atoms with Gasteiger partial charge >= 0.3 is 13.6 Å². The highest BCUT2D eigenvalue weighted by atomic mass is 31.2. The van der Waals surface area contributed by atoms with Gasteiger partial charge in [0.2, 0.25) is 0 Å². The molecule has 0 aliphatic heterocycles. The minimum Gasteiger partial charge on any atom is -0.481 e. The summed E-state index contributed by atoms with van der Waals surface area (Å²) in [7, 11) is -4.32. The lowest BCUT2D eigenvalue weighted by Gasteiger charge is -1.95. The van der Waals surface area contributed by atoms with E-state index >= 15 is 0 Å². The largest absolute Gasteiger partial charge is 0.481 e. The van der Waals surface area contributed by atoms with E-state index in [-0.39, 0.29) is 0 Å². The van der Waals surface area contributed by atoms with Gasteiger partial charge in [-0.2, -0.15) is 0 Å². The Bertz CT molecular complexity index is 563. The molecule has 0 radical (unpaired) electrons. The minimum absolute atomic E-state index is 1.09. The molecular formula is C14H17N6O5P. The summed E-state index contributed by atoms with van der Waals surface area (Å²) < 4.78 is 9.76. The van der Waals surface area contributed by atoms with Gasteiger partial charge in [-0.05, 0) is 18.2 Å². The molecule has 0 aliphatic carbocycles. The van der Waals surface area contributed by atoms with Crippen molar-refractivity contribution in [3.05, 3.63) is 74.4 Å². The Balaban J connectivity index is 0.000000322. The van der Waals surface area contributed by atoms with Crippen molar-refractivity contribution in [2.75, 3.05) is 6.16 Å². The van der Waals surface area contributed by atoms with E-state index in [4.69, 9.17) is 14.9 Å². The fourth-order valence-electron chi connectivity index (χ4n) is 0.936. The van der Waals surface area contributed by atoms with Crippen LogP contribution in [0.4, 0.5) is 0 Å². The molecule has 26 heavy (non-hydrogen) atoms. The first-order valence-electron chi connectivity index (χ1n) is 6.78. The molecular weight excluding hydrogens is 363 g/mol. The first kappa shape index (κ1) is 22.9. The standard InChI is InChI=1S/3C4H4N2.C2H5O5P/c3*1-2-5-4-6-3-1;3-2(4)1-8(5,6)7/h3*1-4H;1H2,(H,3,4)(H2,5,6,7). The predicted molar refractivity (Wildman–Crippen MR) is 90.6 cm³/mol. The molecule has 0 saturated carbocycles. The zero-order valence-electron chi connectivity index (χ0n) is 13.4. The number of rotatable bonds is 2. The van der Waals surface area contributed by atoms with Crippen LogP contribution in [0, 0.1) is 0 Å². The molecule has 0 fully saturated rings. The molecule has 0 unspecified atom stereocenters. The topological polar surface area (TPSA) is 172 Å². The summed E-state index contributed by atoms with van der Waals surface area (Å²) in [4.78, 5) is 47.4. The van der Waals surface area contributed by atoms with Gasteiger partial charge in [0, 0.05) is 37.2 Å². The molecule has 0 aromatic carbocycles. The van der Waals surface area contributed by atoms with Crippen molar-refractivity contribution >= 4 is 13.6 Å². The molecule has 0 atom stereocenters. The van der Waals surface area contributed by atoms with Crippen LogP contribution in [0.5, 0.6) is 0 Å². The highest BCUT2D eigenvalue weighted by molar-refractivity contribution is 7.52. The molecule has 138 valence electrons. The molecule has 12 heteroatoms. The van der Waals surface area contributed by atoms with Crippen molar-refractivity contribution in [3.63, 3.8) is 0 Å². The van der Waals surface area contributed by atoms with Crippen LogP contribution < -0.4 is 0 Å². The second-order valence-corrected chi connectivity index (χ2v) is 5.57. The summed E-state index contributed by atoms with van der Waals surface area (Å²) in [6.45, 7) is 0. The van der Waals surface area contributed by atoms with Gasteiger partial charge in [0.1, 0.15) is 25.1 Å². The number of carboxylic acid groups (broad SMARTS) is 1. The highest BCUT2D eigenvalue weighted by Gasteiger charge is 2.17. The van der Waals surface area contributed by atoms with Crippen LogP contribution in [0.1, 0.15) is 0 Å². The quantitative estimate of drug-likeness (QED) is 0.533. The number of hydrogen-bond acceptors (Lipinski definition) is 8. The molecule has 3 rings (SSSR count). The summed E-state index contributed by atoms with van der Waals surface area (Å²) in [6.07, 6.45) is 13.5. The lowest BCUT2D eigenvalue weighted by Crippen LogP contribution is -2.01. The fourth-order valence-corrected chi connectivity index (χ4v) is 1.29. The van der Waals surface area contributed by atoms with E-state index in [9.17, 15) is 9.36 Å². The summed E-state index contributed by atoms with van der Waals surface area (Å²) in [5, 5.41) is 7.76. The van der Waals surface area contributed by atoms with E-state index in [0.29, 0.717) is 0 Å². The summed E-state index contributed by atoms with van der Waals surface area (Å²) >= 11 is 0. The van der Waals surface area contributed by atoms with Crippen LogP contribution in [0.15, 0.2) is 74.4 Å². The normalized spacial score (nSPS) is 9.00. The molecule has 0 aliphatic rings. The summed E-state index contributed by atoms with van der Waals surface area (Å²) in [5.41, 5.74) is 0. The van der Waals surface area contributed by atoms with Crippen LogP contribution in [-0.2, 0) is 9.36 Å². The molecule has 0 saturated heterocycles. The third kappa shape index (κ3) is 20.9. The van der Waals surface area contributed by atoms with Gasteiger partial charge < -0.3 is 14.9 Å². The van der Waals surface area contributed by atoms with Gasteiger partial charge in [-0.1, -0.05) is 0 Å². The van der Waals surface area contributed by atoms with Crippen molar-refractivity contribution < 1.29 is 24.3 Å². The zero-order chi connectivity index (χ0) is 19.5. The van der Waals surface area contributed by atoms with Crippen molar-refractivity contribution in [1.82, 2.24) is 29.9 Å². The van der Waals surface area contributed by atoms with Gasteiger partial charge in [0.15, 0.2) is 0 Å². The fraction of sp³-hybridized carbons (Fsp3) is 0.0714. The first-order valence-corrected chi connectivity index (χ1v) is 8.58. The Kier molecular flexibility index (Phi) is 13.5. The number of aliphatic carboxylic acids is 1. The highest BCUT2D eigenvalue weighted by Crippen LogP contribution is 2.33. The van der Waals surface area contributed by atoms with Crippen LogP contribution in [0.25, 0.3) is 0 Å². The molecule has 11 nitrogen and oxygen atoms in total. The second kappa shape index (κ2) is 15.4. The van der Waals surface area contributed by atoms with E-state index in [1.165, 1.54) is 19.0 Å². The van der Waals surface area contributed by atoms with Gasteiger partial charge in [-0.25, -0.2) is 29.9 Å². The van der Waals surface area contributed by atoms with Gasteiger partial charge in [-0.15, -0.1) is 0 Å². The Hall–Kier alpha value is -3.14. The summed E-state index contributed by atoms with van der Waals surface area (Å²) in [5.74, 6) is -1.49. The average molecular weight is 380 g/mol. The molecule has 0 bridgehead atoms. The van der Waals surface area contributed by atoms with Crippen LogP contribution in [-0.4, -0.2) is 56.9 Å². The van der Waals surface area contributed by atoms with Crippen molar-refractivity contribution in [2.45, 2.75) is 0 Å². The molecule has 3 aromatic rings. The Morgan fingerprint density at radius 1 is 0.692 bits per heavy atom. The molecule has 0 amide bonds. The monoisotopic (exact) mass is 380 g/mol. The van der Waals surface area contributed by atoms with Crippen LogP contribution in [0.2, 0.25) is 0 Å². The average Bonchev–Trinajstić information content (AvgIpc) is 2.65. The first-order chi connectivity index (χ1) is 12.4.